The first-order valence-electron chi connectivity index (χ1n) is 7.27. The van der Waals surface area contributed by atoms with Gasteiger partial charge in [0.2, 0.25) is 6.04 Å². The van der Waals surface area contributed by atoms with E-state index in [2.05, 4.69) is 6.07 Å². The Hall–Kier alpha value is -1.90. The highest BCUT2D eigenvalue weighted by Gasteiger charge is 2.42. The van der Waals surface area contributed by atoms with Crippen molar-refractivity contribution in [2.45, 2.75) is 59.4 Å². The number of hydrogen-bond donors (Lipinski definition) is 0. The van der Waals surface area contributed by atoms with Crippen LogP contribution in [0.4, 0.5) is 0 Å². The number of ether oxygens (including phenoxy) is 1. The van der Waals surface area contributed by atoms with Crippen molar-refractivity contribution < 1.29 is 14.5 Å². The second-order valence-corrected chi connectivity index (χ2v) is 4.93. The number of carbonyl (C=O) groups excluding carboxylic acids is 1. The highest BCUT2D eigenvalue weighted by Crippen LogP contribution is 2.36. The van der Waals surface area contributed by atoms with Crippen LogP contribution in [-0.2, 0) is 9.53 Å². The van der Waals surface area contributed by atoms with Crippen molar-refractivity contribution in [3.05, 3.63) is 21.8 Å². The van der Waals surface area contributed by atoms with E-state index in [-0.39, 0.29) is 18.0 Å². The molecule has 0 aliphatic rings. The zero-order chi connectivity index (χ0) is 16.5. The summed E-state index contributed by atoms with van der Waals surface area (Å²) in [4.78, 5) is 22.5. The van der Waals surface area contributed by atoms with E-state index in [1.165, 1.54) is 6.92 Å². The molecule has 0 aromatic heterocycles. The Balaban J connectivity index is 5.18. The lowest BCUT2D eigenvalue weighted by molar-refractivity contribution is -0.519. The first-order valence-corrected chi connectivity index (χ1v) is 7.27. The van der Waals surface area contributed by atoms with Gasteiger partial charge in [0.1, 0.15) is 0 Å². The van der Waals surface area contributed by atoms with Crippen molar-refractivity contribution >= 4 is 5.97 Å². The molecular weight excluding hydrogens is 272 g/mol. The van der Waals surface area contributed by atoms with Crippen LogP contribution >= 0.6 is 0 Å². The largest absolute Gasteiger partial charge is 0.465 e. The van der Waals surface area contributed by atoms with Gasteiger partial charge in [-0.3, -0.25) is 10.1 Å². The summed E-state index contributed by atoms with van der Waals surface area (Å²) in [6.07, 6.45) is 3.32. The number of hydrogen-bond acceptors (Lipinski definition) is 5. The standard InChI is InChI=1S/C15H24N2O4/c1-5-13(6-2)15(11-16,14(18)21-7-3)10-8-9-12(4)17(19)20/h5,12H,6-10H2,1-4H3/b13-5+/t12-,15+/m0/s1. The molecule has 0 spiro atoms. The molecular formula is C15H24N2O4. The normalized spacial score (nSPS) is 15.7. The molecule has 0 bridgehead atoms. The Labute approximate surface area is 125 Å². The Morgan fingerprint density at radius 2 is 2.14 bits per heavy atom. The first-order chi connectivity index (χ1) is 9.89. The molecule has 21 heavy (non-hydrogen) atoms. The number of nitrogens with zero attached hydrogens (tertiary/aromatic N) is 2. The molecule has 0 N–H and O–H groups in total. The van der Waals surface area contributed by atoms with Gasteiger partial charge >= 0.3 is 5.97 Å². The van der Waals surface area contributed by atoms with Crippen molar-refractivity contribution in [2.75, 3.05) is 6.61 Å². The lowest BCUT2D eigenvalue weighted by Gasteiger charge is -2.27. The maximum Gasteiger partial charge on any atom is 0.330 e. The molecule has 0 unspecified atom stereocenters. The number of nitro groups is 1. The molecule has 6 nitrogen and oxygen atoms in total. The number of rotatable bonds is 9. The van der Waals surface area contributed by atoms with Crippen molar-refractivity contribution in [1.29, 1.82) is 5.26 Å². The van der Waals surface area contributed by atoms with E-state index in [9.17, 15) is 20.2 Å². The SMILES string of the molecule is C/C=C(\CC)[C@](C#N)(CCC[C@H](C)[N+](=O)[O-])C(=O)OCC. The molecule has 0 aromatic carbocycles. The van der Waals surface area contributed by atoms with Gasteiger partial charge in [-0.15, -0.1) is 0 Å². The molecule has 0 saturated carbocycles. The topological polar surface area (TPSA) is 93.2 Å². The maximum atomic E-state index is 12.2. The summed E-state index contributed by atoms with van der Waals surface area (Å²) in [6.45, 7) is 7.07. The highest BCUT2D eigenvalue weighted by molar-refractivity contribution is 5.84. The average Bonchev–Trinajstić information content (AvgIpc) is 2.46. The molecule has 6 heteroatoms. The number of nitriles is 1. The molecule has 2 atom stereocenters. The quantitative estimate of drug-likeness (QED) is 0.282. The third-order valence-corrected chi connectivity index (χ3v) is 3.63. The van der Waals surface area contributed by atoms with Gasteiger partial charge in [-0.2, -0.15) is 5.26 Å². The summed E-state index contributed by atoms with van der Waals surface area (Å²) in [5.74, 6) is -0.559. The smallest absolute Gasteiger partial charge is 0.330 e. The predicted octanol–water partition coefficient (Wildman–Crippen LogP) is 3.25. The number of esters is 1. The first kappa shape index (κ1) is 19.1. The maximum absolute atomic E-state index is 12.2. The summed E-state index contributed by atoms with van der Waals surface area (Å²) in [6, 6.07) is 1.41. The van der Waals surface area contributed by atoms with Gasteiger partial charge in [-0.1, -0.05) is 13.0 Å². The Bertz CT molecular complexity index is 439. The van der Waals surface area contributed by atoms with Crippen molar-refractivity contribution in [3.8, 4) is 6.07 Å². The zero-order valence-electron chi connectivity index (χ0n) is 13.2. The third-order valence-electron chi connectivity index (χ3n) is 3.63. The molecule has 0 saturated heterocycles. The lowest BCUT2D eigenvalue weighted by atomic mass is 9.75. The fraction of sp³-hybridized carbons (Fsp3) is 0.733. The summed E-state index contributed by atoms with van der Waals surface area (Å²) in [5, 5.41) is 20.2. The zero-order valence-corrected chi connectivity index (χ0v) is 13.2. The van der Waals surface area contributed by atoms with E-state index < -0.39 is 17.4 Å². The van der Waals surface area contributed by atoms with Crippen molar-refractivity contribution in [2.24, 2.45) is 5.41 Å². The molecule has 0 aliphatic carbocycles. The van der Waals surface area contributed by atoms with Crippen molar-refractivity contribution in [3.63, 3.8) is 0 Å². The average molecular weight is 296 g/mol. The van der Waals surface area contributed by atoms with E-state index in [4.69, 9.17) is 4.74 Å². The minimum atomic E-state index is -1.32. The fourth-order valence-corrected chi connectivity index (χ4v) is 2.34. The molecule has 0 rings (SSSR count). The second kappa shape index (κ2) is 9.11. The molecule has 0 heterocycles. The van der Waals surface area contributed by atoms with Crippen LogP contribution in [0, 0.1) is 26.9 Å². The third kappa shape index (κ3) is 4.85. The van der Waals surface area contributed by atoms with Gasteiger partial charge in [-0.05, 0) is 38.7 Å². The van der Waals surface area contributed by atoms with Crippen LogP contribution < -0.4 is 0 Å². The molecule has 0 aromatic rings. The summed E-state index contributed by atoms with van der Waals surface area (Å²) in [5.41, 5.74) is -0.618. The van der Waals surface area contributed by atoms with Gasteiger partial charge < -0.3 is 4.74 Å². The minimum absolute atomic E-state index is 0.203. The number of allylic oxidation sites excluding steroid dienone is 1. The lowest BCUT2D eigenvalue weighted by Crippen LogP contribution is -2.34. The van der Waals surface area contributed by atoms with Gasteiger partial charge in [0.25, 0.3) is 0 Å². The highest BCUT2D eigenvalue weighted by atomic mass is 16.6. The number of carbonyl (C=O) groups is 1. The Morgan fingerprint density at radius 1 is 1.52 bits per heavy atom. The van der Waals surface area contributed by atoms with Gasteiger partial charge in [0, 0.05) is 18.3 Å². The molecule has 0 aliphatic heterocycles. The van der Waals surface area contributed by atoms with Crippen LogP contribution in [0.2, 0.25) is 0 Å². The van der Waals surface area contributed by atoms with Crippen LogP contribution in [0.25, 0.3) is 0 Å². The van der Waals surface area contributed by atoms with Crippen molar-refractivity contribution in [1.82, 2.24) is 0 Å². The van der Waals surface area contributed by atoms with Crippen LogP contribution in [-0.4, -0.2) is 23.5 Å². The molecule has 0 radical (unpaired) electrons. The fourth-order valence-electron chi connectivity index (χ4n) is 2.34. The van der Waals surface area contributed by atoms with Crippen LogP contribution in [0.3, 0.4) is 0 Å². The van der Waals surface area contributed by atoms with Gasteiger partial charge in [0.15, 0.2) is 5.41 Å². The second-order valence-electron chi connectivity index (χ2n) is 4.93. The van der Waals surface area contributed by atoms with E-state index >= 15 is 0 Å². The molecule has 118 valence electrons. The van der Waals surface area contributed by atoms with Crippen LogP contribution in [0.1, 0.15) is 53.4 Å². The van der Waals surface area contributed by atoms with Gasteiger partial charge in [-0.25, -0.2) is 4.79 Å². The Kier molecular flexibility index (Phi) is 8.29. The van der Waals surface area contributed by atoms with Crippen LogP contribution in [0.5, 0.6) is 0 Å². The Morgan fingerprint density at radius 3 is 2.52 bits per heavy atom. The summed E-state index contributed by atoms with van der Waals surface area (Å²) >= 11 is 0. The summed E-state index contributed by atoms with van der Waals surface area (Å²) < 4.78 is 5.05. The summed E-state index contributed by atoms with van der Waals surface area (Å²) in [7, 11) is 0. The molecule has 0 amide bonds. The monoisotopic (exact) mass is 296 g/mol. The molecule has 0 fully saturated rings. The van der Waals surface area contributed by atoms with E-state index in [1.807, 2.05) is 6.92 Å². The van der Waals surface area contributed by atoms with E-state index in [0.29, 0.717) is 24.8 Å². The van der Waals surface area contributed by atoms with Gasteiger partial charge in [0.05, 0.1) is 12.7 Å². The predicted molar refractivity (Wildman–Crippen MR) is 79.0 cm³/mol. The van der Waals surface area contributed by atoms with E-state index in [1.54, 1.807) is 19.9 Å². The minimum Gasteiger partial charge on any atom is -0.465 e. The van der Waals surface area contributed by atoms with E-state index in [0.717, 1.165) is 0 Å². The van der Waals surface area contributed by atoms with Crippen LogP contribution in [0.15, 0.2) is 11.6 Å².